The second kappa shape index (κ2) is 4.74. The third kappa shape index (κ3) is 2.79. The van der Waals surface area contributed by atoms with Crippen molar-refractivity contribution in [2.75, 3.05) is 25.4 Å². The zero-order valence-electron chi connectivity index (χ0n) is 11.1. The molecule has 1 aliphatic heterocycles. The van der Waals surface area contributed by atoms with E-state index in [1.54, 1.807) is 4.90 Å². The molecule has 1 spiro atoms. The average Bonchev–Trinajstić information content (AvgIpc) is 3.14. The van der Waals surface area contributed by atoms with Gasteiger partial charge in [0.2, 0.25) is 5.91 Å². The van der Waals surface area contributed by atoms with Crippen LogP contribution in [0.2, 0.25) is 0 Å². The molecule has 0 aromatic heterocycles. The first-order chi connectivity index (χ1) is 9.01. The molecule has 1 amide bonds. The summed E-state index contributed by atoms with van der Waals surface area (Å²) >= 11 is 0. The highest BCUT2D eigenvalue weighted by molar-refractivity contribution is 7.93. The fraction of sp³-hybridized carbons (Fsp3) is 0.923. The predicted molar refractivity (Wildman–Crippen MR) is 70.5 cm³/mol. The molecule has 2 saturated carbocycles. The number of nitrogens with zero attached hydrogens (tertiary/aromatic N) is 1. The van der Waals surface area contributed by atoms with E-state index in [1.165, 1.54) is 0 Å². The lowest BCUT2D eigenvalue weighted by Gasteiger charge is -2.40. The molecular weight excluding hydrogens is 266 g/mol. The molecular formula is C13H21NO4S. The largest absolute Gasteiger partial charge is 0.371 e. The van der Waals surface area contributed by atoms with E-state index in [2.05, 4.69) is 0 Å². The Morgan fingerprint density at radius 1 is 1.26 bits per heavy atom. The van der Waals surface area contributed by atoms with Gasteiger partial charge >= 0.3 is 0 Å². The van der Waals surface area contributed by atoms with E-state index in [4.69, 9.17) is 4.74 Å². The van der Waals surface area contributed by atoms with Gasteiger partial charge in [-0.15, -0.1) is 0 Å². The van der Waals surface area contributed by atoms with Gasteiger partial charge in [-0.2, -0.15) is 0 Å². The minimum atomic E-state index is -3.20. The molecule has 3 rings (SSSR count). The van der Waals surface area contributed by atoms with E-state index in [-0.39, 0.29) is 22.5 Å². The van der Waals surface area contributed by atoms with E-state index < -0.39 is 9.84 Å². The Kier molecular flexibility index (Phi) is 3.33. The molecule has 19 heavy (non-hydrogen) atoms. The second-order valence-corrected chi connectivity index (χ2v) is 8.34. The molecule has 1 heterocycles. The Hall–Kier alpha value is -0.620. The summed E-state index contributed by atoms with van der Waals surface area (Å²) in [7, 11) is -3.20. The molecule has 0 aromatic carbocycles. The van der Waals surface area contributed by atoms with E-state index in [1.807, 2.05) is 0 Å². The van der Waals surface area contributed by atoms with Gasteiger partial charge in [0.15, 0.2) is 9.84 Å². The third-order valence-electron chi connectivity index (χ3n) is 4.47. The summed E-state index contributed by atoms with van der Waals surface area (Å²) in [5.41, 5.74) is -0.183. The lowest BCUT2D eigenvalue weighted by molar-refractivity contribution is -0.147. The second-order valence-electron chi connectivity index (χ2n) is 6.06. The molecule has 0 bridgehead atoms. The number of morpholine rings is 1. The van der Waals surface area contributed by atoms with Crippen molar-refractivity contribution in [2.24, 2.45) is 0 Å². The van der Waals surface area contributed by atoms with Crippen LogP contribution < -0.4 is 0 Å². The highest BCUT2D eigenvalue weighted by Crippen LogP contribution is 2.36. The van der Waals surface area contributed by atoms with Gasteiger partial charge in [0.05, 0.1) is 17.5 Å². The van der Waals surface area contributed by atoms with Gasteiger partial charge in [-0.25, -0.2) is 8.42 Å². The fourth-order valence-electron chi connectivity index (χ4n) is 3.19. The van der Waals surface area contributed by atoms with Crippen LogP contribution in [0.4, 0.5) is 0 Å². The van der Waals surface area contributed by atoms with Crippen LogP contribution in [-0.2, 0) is 19.4 Å². The molecule has 108 valence electrons. The quantitative estimate of drug-likeness (QED) is 0.768. The van der Waals surface area contributed by atoms with Crippen LogP contribution in [0.5, 0.6) is 0 Å². The van der Waals surface area contributed by atoms with Crippen molar-refractivity contribution in [3.63, 3.8) is 0 Å². The summed E-state index contributed by atoms with van der Waals surface area (Å²) in [5, 5.41) is -0.252. The van der Waals surface area contributed by atoms with Crippen molar-refractivity contribution in [1.29, 1.82) is 0 Å². The Labute approximate surface area is 114 Å². The van der Waals surface area contributed by atoms with Gasteiger partial charge in [0.25, 0.3) is 0 Å². The zero-order chi connectivity index (χ0) is 13.5. The van der Waals surface area contributed by atoms with Crippen LogP contribution in [0.25, 0.3) is 0 Å². The van der Waals surface area contributed by atoms with Crippen LogP contribution in [0, 0.1) is 0 Å². The van der Waals surface area contributed by atoms with E-state index >= 15 is 0 Å². The maximum Gasteiger partial charge on any atom is 0.237 e. The number of carbonyl (C=O) groups excluding carboxylic acids is 1. The summed E-state index contributed by atoms with van der Waals surface area (Å²) in [6.07, 6.45) is 5.72. The van der Waals surface area contributed by atoms with Gasteiger partial charge in [-0.1, -0.05) is 12.8 Å². The molecule has 0 N–H and O–H groups in total. The number of carbonyl (C=O) groups is 1. The van der Waals surface area contributed by atoms with Crippen molar-refractivity contribution >= 4 is 15.7 Å². The molecule has 1 saturated heterocycles. The number of rotatable bonds is 3. The summed E-state index contributed by atoms with van der Waals surface area (Å²) in [5.74, 6) is -0.547. The van der Waals surface area contributed by atoms with E-state index in [0.29, 0.717) is 19.7 Å². The van der Waals surface area contributed by atoms with Crippen molar-refractivity contribution in [3.05, 3.63) is 0 Å². The zero-order valence-corrected chi connectivity index (χ0v) is 12.0. The molecule has 0 radical (unpaired) electrons. The number of hydrogen-bond donors (Lipinski definition) is 0. The molecule has 3 aliphatic rings. The van der Waals surface area contributed by atoms with Crippen molar-refractivity contribution in [2.45, 2.75) is 49.4 Å². The van der Waals surface area contributed by atoms with Crippen LogP contribution in [0.15, 0.2) is 0 Å². The molecule has 0 atom stereocenters. The summed E-state index contributed by atoms with van der Waals surface area (Å²) in [4.78, 5) is 13.9. The lowest BCUT2D eigenvalue weighted by atomic mass is 10.00. The van der Waals surface area contributed by atoms with Crippen LogP contribution in [0.3, 0.4) is 0 Å². The Balaban J connectivity index is 1.63. The molecule has 0 aromatic rings. The predicted octanol–water partition coefficient (Wildman–Crippen LogP) is 0.735. The van der Waals surface area contributed by atoms with Gasteiger partial charge < -0.3 is 9.64 Å². The first kappa shape index (κ1) is 13.4. The van der Waals surface area contributed by atoms with Gasteiger partial charge in [0, 0.05) is 13.1 Å². The van der Waals surface area contributed by atoms with Crippen molar-refractivity contribution in [1.82, 2.24) is 4.90 Å². The minimum absolute atomic E-state index is 0.183. The normalized spacial score (nSPS) is 26.8. The lowest BCUT2D eigenvalue weighted by Crippen LogP contribution is -2.53. The minimum Gasteiger partial charge on any atom is -0.371 e. The first-order valence-electron chi connectivity index (χ1n) is 7.14. The van der Waals surface area contributed by atoms with Gasteiger partial charge in [-0.05, 0) is 25.7 Å². The molecule has 3 fully saturated rings. The van der Waals surface area contributed by atoms with Crippen molar-refractivity contribution < 1.29 is 17.9 Å². The molecule has 5 nitrogen and oxygen atoms in total. The first-order valence-corrected chi connectivity index (χ1v) is 8.86. The highest BCUT2D eigenvalue weighted by Gasteiger charge is 2.42. The monoisotopic (exact) mass is 287 g/mol. The van der Waals surface area contributed by atoms with Crippen LogP contribution >= 0.6 is 0 Å². The number of amides is 1. The number of ether oxygens (including phenoxy) is 1. The summed E-state index contributed by atoms with van der Waals surface area (Å²) in [6.45, 7) is 1.64. The Morgan fingerprint density at radius 3 is 2.58 bits per heavy atom. The van der Waals surface area contributed by atoms with Gasteiger partial charge in [0.1, 0.15) is 5.75 Å². The van der Waals surface area contributed by atoms with Crippen LogP contribution in [0.1, 0.15) is 38.5 Å². The van der Waals surface area contributed by atoms with Crippen molar-refractivity contribution in [3.8, 4) is 0 Å². The molecule has 0 unspecified atom stereocenters. The van der Waals surface area contributed by atoms with E-state index in [9.17, 15) is 13.2 Å². The maximum absolute atomic E-state index is 12.2. The Bertz CT molecular complexity index is 463. The van der Waals surface area contributed by atoms with Gasteiger partial charge in [-0.3, -0.25) is 4.79 Å². The standard InChI is InChI=1S/C13H21NO4S/c15-12(9-19(16,17)11-3-4-11)14-7-8-18-13(10-14)5-1-2-6-13/h11H,1-10H2. The molecule has 2 aliphatic carbocycles. The summed E-state index contributed by atoms with van der Waals surface area (Å²) in [6, 6.07) is 0. The van der Waals surface area contributed by atoms with Crippen LogP contribution in [-0.4, -0.2) is 55.5 Å². The third-order valence-corrected chi connectivity index (χ3v) is 6.61. The average molecular weight is 287 g/mol. The molecule has 6 heteroatoms. The van der Waals surface area contributed by atoms with E-state index in [0.717, 1.165) is 38.5 Å². The number of sulfone groups is 1. The number of hydrogen-bond acceptors (Lipinski definition) is 4. The fourth-order valence-corrected chi connectivity index (χ4v) is 4.80. The Morgan fingerprint density at radius 2 is 1.95 bits per heavy atom. The summed E-state index contributed by atoms with van der Waals surface area (Å²) < 4.78 is 29.6. The smallest absolute Gasteiger partial charge is 0.237 e. The highest BCUT2D eigenvalue weighted by atomic mass is 32.2. The maximum atomic E-state index is 12.2. The SMILES string of the molecule is O=C(CS(=O)(=O)C1CC1)N1CCOC2(CCCC2)C1. The topological polar surface area (TPSA) is 63.7 Å².